The summed E-state index contributed by atoms with van der Waals surface area (Å²) in [7, 11) is 0. The van der Waals surface area contributed by atoms with Gasteiger partial charge in [-0.25, -0.2) is 0 Å². The lowest BCUT2D eigenvalue weighted by Gasteiger charge is -2.19. The summed E-state index contributed by atoms with van der Waals surface area (Å²) in [5.74, 6) is 0.644. The van der Waals surface area contributed by atoms with Gasteiger partial charge in [-0.1, -0.05) is 13.8 Å². The Balaban J connectivity index is 1.93. The van der Waals surface area contributed by atoms with Crippen LogP contribution in [-0.4, -0.2) is 61.5 Å². The normalized spacial score (nSPS) is 20.1. The van der Waals surface area contributed by atoms with Crippen LogP contribution in [0.25, 0.3) is 0 Å². The molecular formula is C15H32N2O2. The van der Waals surface area contributed by atoms with E-state index in [1.54, 1.807) is 0 Å². The standard InChI is InChI=1S/C15H32N2O2/c1-13(2)10-14(3)19-12-15(18)11-16-6-9-17-7-4-5-8-17/h13-16,18H,4-12H2,1-3H3. The van der Waals surface area contributed by atoms with Crippen LogP contribution < -0.4 is 5.32 Å². The lowest BCUT2D eigenvalue weighted by atomic mass is 10.1. The van der Waals surface area contributed by atoms with Crippen molar-refractivity contribution < 1.29 is 9.84 Å². The molecule has 2 N–H and O–H groups in total. The first kappa shape index (κ1) is 16.9. The average Bonchev–Trinajstić information content (AvgIpc) is 2.84. The molecule has 114 valence electrons. The van der Waals surface area contributed by atoms with Crippen LogP contribution in [-0.2, 0) is 4.74 Å². The molecule has 0 bridgehead atoms. The van der Waals surface area contributed by atoms with Gasteiger partial charge in [0.1, 0.15) is 0 Å². The molecule has 0 aromatic carbocycles. The van der Waals surface area contributed by atoms with Gasteiger partial charge in [0.15, 0.2) is 0 Å². The SMILES string of the molecule is CC(C)CC(C)OCC(O)CNCCN1CCCC1. The maximum absolute atomic E-state index is 9.82. The van der Waals surface area contributed by atoms with Gasteiger partial charge in [-0.2, -0.15) is 0 Å². The molecule has 0 amide bonds. The molecule has 0 aromatic heterocycles. The lowest BCUT2D eigenvalue weighted by molar-refractivity contribution is -0.00852. The van der Waals surface area contributed by atoms with E-state index >= 15 is 0 Å². The van der Waals surface area contributed by atoms with Crippen molar-refractivity contribution in [3.63, 3.8) is 0 Å². The van der Waals surface area contributed by atoms with Crippen molar-refractivity contribution in [2.75, 3.05) is 39.3 Å². The van der Waals surface area contributed by atoms with E-state index in [9.17, 15) is 5.11 Å². The van der Waals surface area contributed by atoms with Crippen molar-refractivity contribution in [2.24, 2.45) is 5.92 Å². The smallest absolute Gasteiger partial charge is 0.0897 e. The van der Waals surface area contributed by atoms with E-state index in [0.717, 1.165) is 19.5 Å². The number of rotatable bonds is 10. The Bertz CT molecular complexity index is 218. The van der Waals surface area contributed by atoms with Crippen LogP contribution in [0.3, 0.4) is 0 Å². The molecule has 1 fully saturated rings. The summed E-state index contributed by atoms with van der Waals surface area (Å²) in [6.07, 6.45) is 3.57. The highest BCUT2D eigenvalue weighted by Crippen LogP contribution is 2.07. The number of hydrogen-bond donors (Lipinski definition) is 2. The molecule has 1 heterocycles. The Morgan fingerprint density at radius 3 is 2.53 bits per heavy atom. The highest BCUT2D eigenvalue weighted by Gasteiger charge is 2.12. The van der Waals surface area contributed by atoms with E-state index in [1.807, 2.05) is 0 Å². The van der Waals surface area contributed by atoms with Crippen LogP contribution >= 0.6 is 0 Å². The third-order valence-electron chi connectivity index (χ3n) is 3.56. The fraction of sp³-hybridized carbons (Fsp3) is 1.00. The van der Waals surface area contributed by atoms with Crippen molar-refractivity contribution in [3.8, 4) is 0 Å². The summed E-state index contributed by atoms with van der Waals surface area (Å²) >= 11 is 0. The molecular weight excluding hydrogens is 240 g/mol. The summed E-state index contributed by atoms with van der Waals surface area (Å²) < 4.78 is 5.64. The third-order valence-corrected chi connectivity index (χ3v) is 3.56. The third kappa shape index (κ3) is 8.58. The molecule has 1 aliphatic heterocycles. The number of nitrogens with one attached hydrogen (secondary N) is 1. The fourth-order valence-corrected chi connectivity index (χ4v) is 2.58. The monoisotopic (exact) mass is 272 g/mol. The van der Waals surface area contributed by atoms with Gasteiger partial charge < -0.3 is 20.1 Å². The van der Waals surface area contributed by atoms with Gasteiger partial charge in [0.2, 0.25) is 0 Å². The fourth-order valence-electron chi connectivity index (χ4n) is 2.58. The first-order valence-electron chi connectivity index (χ1n) is 7.80. The Hall–Kier alpha value is -0.160. The molecule has 2 atom stereocenters. The van der Waals surface area contributed by atoms with Gasteiger partial charge >= 0.3 is 0 Å². The maximum atomic E-state index is 9.82. The summed E-state index contributed by atoms with van der Waals surface area (Å²) in [5.41, 5.74) is 0. The lowest BCUT2D eigenvalue weighted by Crippen LogP contribution is -2.36. The van der Waals surface area contributed by atoms with Crippen molar-refractivity contribution >= 4 is 0 Å². The second kappa shape index (κ2) is 9.70. The molecule has 1 saturated heterocycles. The van der Waals surface area contributed by atoms with Crippen LogP contribution in [0.15, 0.2) is 0 Å². The number of likely N-dealkylation sites (tertiary alicyclic amines) is 1. The number of aliphatic hydroxyl groups excluding tert-OH is 1. The number of ether oxygens (including phenoxy) is 1. The van der Waals surface area contributed by atoms with Crippen LogP contribution in [0, 0.1) is 5.92 Å². The predicted octanol–water partition coefficient (Wildman–Crippen LogP) is 1.48. The molecule has 4 nitrogen and oxygen atoms in total. The zero-order valence-corrected chi connectivity index (χ0v) is 12.9. The van der Waals surface area contributed by atoms with E-state index in [0.29, 0.717) is 19.1 Å². The molecule has 0 spiro atoms. The van der Waals surface area contributed by atoms with Crippen molar-refractivity contribution in [3.05, 3.63) is 0 Å². The average molecular weight is 272 g/mol. The summed E-state index contributed by atoms with van der Waals surface area (Å²) in [6.45, 7) is 12.0. The first-order valence-corrected chi connectivity index (χ1v) is 7.80. The first-order chi connectivity index (χ1) is 9.08. The second-order valence-electron chi connectivity index (χ2n) is 6.18. The highest BCUT2D eigenvalue weighted by molar-refractivity contribution is 4.68. The molecule has 0 aliphatic carbocycles. The van der Waals surface area contributed by atoms with Crippen LogP contribution in [0.4, 0.5) is 0 Å². The van der Waals surface area contributed by atoms with Gasteiger partial charge in [0, 0.05) is 19.6 Å². The zero-order valence-electron chi connectivity index (χ0n) is 12.9. The van der Waals surface area contributed by atoms with E-state index in [4.69, 9.17) is 4.74 Å². The van der Waals surface area contributed by atoms with E-state index < -0.39 is 6.10 Å². The minimum absolute atomic E-state index is 0.235. The van der Waals surface area contributed by atoms with Crippen molar-refractivity contribution in [1.29, 1.82) is 0 Å². The minimum atomic E-state index is -0.395. The Labute approximate surface area is 118 Å². The molecule has 0 radical (unpaired) electrons. The van der Waals surface area contributed by atoms with Gasteiger partial charge in [-0.15, -0.1) is 0 Å². The molecule has 19 heavy (non-hydrogen) atoms. The topological polar surface area (TPSA) is 44.7 Å². The van der Waals surface area contributed by atoms with E-state index in [1.165, 1.54) is 25.9 Å². The maximum Gasteiger partial charge on any atom is 0.0897 e. The summed E-state index contributed by atoms with van der Waals surface area (Å²) in [5, 5.41) is 13.1. The van der Waals surface area contributed by atoms with E-state index in [2.05, 4.69) is 31.0 Å². The highest BCUT2D eigenvalue weighted by atomic mass is 16.5. The number of nitrogens with zero attached hydrogens (tertiary/aromatic N) is 1. The molecule has 4 heteroatoms. The van der Waals surface area contributed by atoms with E-state index in [-0.39, 0.29) is 6.10 Å². The molecule has 1 aliphatic rings. The number of aliphatic hydroxyl groups is 1. The molecule has 1 rings (SSSR count). The molecule has 0 saturated carbocycles. The quantitative estimate of drug-likeness (QED) is 0.591. The predicted molar refractivity (Wildman–Crippen MR) is 79.4 cm³/mol. The second-order valence-corrected chi connectivity index (χ2v) is 6.18. The van der Waals surface area contributed by atoms with Crippen LogP contribution in [0.2, 0.25) is 0 Å². The Kier molecular flexibility index (Phi) is 8.62. The van der Waals surface area contributed by atoms with Gasteiger partial charge in [0.05, 0.1) is 18.8 Å². The Morgan fingerprint density at radius 1 is 1.21 bits per heavy atom. The van der Waals surface area contributed by atoms with Crippen molar-refractivity contribution in [2.45, 2.75) is 52.2 Å². The van der Waals surface area contributed by atoms with Gasteiger partial charge in [-0.05, 0) is 45.2 Å². The van der Waals surface area contributed by atoms with Crippen LogP contribution in [0.1, 0.15) is 40.0 Å². The van der Waals surface area contributed by atoms with Crippen LogP contribution in [0.5, 0.6) is 0 Å². The minimum Gasteiger partial charge on any atom is -0.389 e. The summed E-state index contributed by atoms with van der Waals surface area (Å²) in [6, 6.07) is 0. The zero-order chi connectivity index (χ0) is 14.1. The molecule has 2 unspecified atom stereocenters. The van der Waals surface area contributed by atoms with Gasteiger partial charge in [-0.3, -0.25) is 0 Å². The summed E-state index contributed by atoms with van der Waals surface area (Å²) in [4.78, 5) is 2.47. The molecule has 0 aromatic rings. The largest absolute Gasteiger partial charge is 0.389 e. The van der Waals surface area contributed by atoms with Gasteiger partial charge in [0.25, 0.3) is 0 Å². The Morgan fingerprint density at radius 2 is 1.89 bits per heavy atom. The van der Waals surface area contributed by atoms with Crippen molar-refractivity contribution in [1.82, 2.24) is 10.2 Å². The number of hydrogen-bond acceptors (Lipinski definition) is 4.